The summed E-state index contributed by atoms with van der Waals surface area (Å²) in [6.07, 6.45) is 2.71. The summed E-state index contributed by atoms with van der Waals surface area (Å²) in [6, 6.07) is 5.83. The van der Waals surface area contributed by atoms with Crippen LogP contribution in [0.5, 0.6) is 11.5 Å². The lowest BCUT2D eigenvalue weighted by Crippen LogP contribution is -2.01. The van der Waals surface area contributed by atoms with Crippen LogP contribution in [-0.4, -0.2) is 13.2 Å². The fourth-order valence-electron chi connectivity index (χ4n) is 1.30. The van der Waals surface area contributed by atoms with Crippen molar-refractivity contribution in [2.45, 2.75) is 25.5 Å². The number of nitrogens with two attached hydrogens (primary N) is 1. The maximum atomic E-state index is 5.68. The Balaban J connectivity index is 2.19. The van der Waals surface area contributed by atoms with Gasteiger partial charge in [-0.15, -0.1) is 0 Å². The van der Waals surface area contributed by atoms with Crippen LogP contribution in [0.15, 0.2) is 18.2 Å². The largest absolute Gasteiger partial charge is 0.493 e. The van der Waals surface area contributed by atoms with Gasteiger partial charge in [0.1, 0.15) is 0 Å². The van der Waals surface area contributed by atoms with Crippen LogP contribution in [0.3, 0.4) is 0 Å². The molecule has 0 unspecified atom stereocenters. The topological polar surface area (TPSA) is 44.5 Å². The molecule has 0 spiro atoms. The van der Waals surface area contributed by atoms with Crippen molar-refractivity contribution < 1.29 is 9.47 Å². The zero-order valence-electron chi connectivity index (χ0n) is 8.32. The van der Waals surface area contributed by atoms with Gasteiger partial charge in [-0.05, 0) is 30.5 Å². The lowest BCUT2D eigenvalue weighted by atomic mass is 10.2. The molecule has 1 saturated carbocycles. The third kappa shape index (κ3) is 1.99. The Morgan fingerprint density at radius 3 is 2.71 bits per heavy atom. The van der Waals surface area contributed by atoms with E-state index in [0.29, 0.717) is 12.6 Å². The standard InChI is InChI=1S/C11H15NO2/c1-13-11-6-8(7-12)2-5-10(11)14-9-3-4-9/h2,5-6,9H,3-4,7,12H2,1H3. The Bertz CT molecular complexity index is 321. The van der Waals surface area contributed by atoms with Crippen LogP contribution in [0.25, 0.3) is 0 Å². The third-order valence-electron chi connectivity index (χ3n) is 2.28. The fourth-order valence-corrected chi connectivity index (χ4v) is 1.30. The Morgan fingerprint density at radius 1 is 1.36 bits per heavy atom. The van der Waals surface area contributed by atoms with Crippen LogP contribution in [0.2, 0.25) is 0 Å². The molecule has 76 valence electrons. The second kappa shape index (κ2) is 3.88. The molecule has 0 radical (unpaired) electrons. The van der Waals surface area contributed by atoms with E-state index < -0.39 is 0 Å². The van der Waals surface area contributed by atoms with Crippen molar-refractivity contribution in [2.24, 2.45) is 5.73 Å². The summed E-state index contributed by atoms with van der Waals surface area (Å²) < 4.78 is 10.9. The van der Waals surface area contributed by atoms with E-state index >= 15 is 0 Å². The molecule has 0 bridgehead atoms. The number of rotatable bonds is 4. The van der Waals surface area contributed by atoms with Crippen LogP contribution in [-0.2, 0) is 6.54 Å². The Hall–Kier alpha value is -1.22. The van der Waals surface area contributed by atoms with E-state index in [1.165, 1.54) is 0 Å². The number of ether oxygens (including phenoxy) is 2. The second-order valence-electron chi connectivity index (χ2n) is 3.51. The summed E-state index contributed by atoms with van der Waals surface area (Å²) in [5.41, 5.74) is 6.60. The molecule has 0 aliphatic heterocycles. The van der Waals surface area contributed by atoms with Crippen molar-refractivity contribution in [1.29, 1.82) is 0 Å². The molecule has 14 heavy (non-hydrogen) atoms. The molecule has 0 atom stereocenters. The van der Waals surface area contributed by atoms with Gasteiger partial charge in [0, 0.05) is 6.54 Å². The molecular formula is C11H15NO2. The zero-order valence-corrected chi connectivity index (χ0v) is 8.32. The molecule has 1 aliphatic rings. The van der Waals surface area contributed by atoms with E-state index in [0.717, 1.165) is 29.9 Å². The van der Waals surface area contributed by atoms with E-state index in [1.807, 2.05) is 18.2 Å². The van der Waals surface area contributed by atoms with Crippen LogP contribution >= 0.6 is 0 Å². The summed E-state index contributed by atoms with van der Waals surface area (Å²) in [7, 11) is 1.65. The first kappa shape index (κ1) is 9.34. The van der Waals surface area contributed by atoms with Crippen LogP contribution in [0, 0.1) is 0 Å². The van der Waals surface area contributed by atoms with Crippen LogP contribution in [0.1, 0.15) is 18.4 Å². The molecule has 3 heteroatoms. The van der Waals surface area contributed by atoms with Crippen molar-refractivity contribution in [3.05, 3.63) is 23.8 Å². The minimum Gasteiger partial charge on any atom is -0.493 e. The molecule has 1 aromatic carbocycles. The van der Waals surface area contributed by atoms with E-state index in [-0.39, 0.29) is 0 Å². The first-order valence-corrected chi connectivity index (χ1v) is 4.87. The highest BCUT2D eigenvalue weighted by molar-refractivity contribution is 5.43. The molecule has 2 N–H and O–H groups in total. The van der Waals surface area contributed by atoms with Crippen molar-refractivity contribution in [1.82, 2.24) is 0 Å². The quantitative estimate of drug-likeness (QED) is 0.791. The molecule has 1 aromatic rings. The van der Waals surface area contributed by atoms with Crippen molar-refractivity contribution in [3.63, 3.8) is 0 Å². The number of methoxy groups -OCH3 is 1. The fraction of sp³-hybridized carbons (Fsp3) is 0.455. The third-order valence-corrected chi connectivity index (χ3v) is 2.28. The molecule has 0 aromatic heterocycles. The zero-order chi connectivity index (χ0) is 9.97. The molecule has 0 heterocycles. The summed E-state index contributed by atoms with van der Waals surface area (Å²) in [5, 5.41) is 0. The smallest absolute Gasteiger partial charge is 0.161 e. The average Bonchev–Trinajstić information content (AvgIpc) is 3.02. The lowest BCUT2D eigenvalue weighted by Gasteiger charge is -2.10. The SMILES string of the molecule is COc1cc(CN)ccc1OC1CC1. The number of hydrogen-bond donors (Lipinski definition) is 1. The Morgan fingerprint density at radius 2 is 2.14 bits per heavy atom. The van der Waals surface area contributed by atoms with Crippen molar-refractivity contribution in [3.8, 4) is 11.5 Å². The maximum absolute atomic E-state index is 5.68. The predicted molar refractivity (Wildman–Crippen MR) is 54.5 cm³/mol. The van der Waals surface area contributed by atoms with Gasteiger partial charge in [-0.1, -0.05) is 6.07 Å². The van der Waals surface area contributed by atoms with Crippen molar-refractivity contribution in [2.75, 3.05) is 7.11 Å². The van der Waals surface area contributed by atoms with Crippen LogP contribution < -0.4 is 15.2 Å². The first-order valence-electron chi connectivity index (χ1n) is 4.87. The van der Waals surface area contributed by atoms with Gasteiger partial charge in [-0.25, -0.2) is 0 Å². The van der Waals surface area contributed by atoms with E-state index in [2.05, 4.69) is 0 Å². The molecule has 0 amide bonds. The molecule has 3 nitrogen and oxygen atoms in total. The van der Waals surface area contributed by atoms with Crippen molar-refractivity contribution >= 4 is 0 Å². The average molecular weight is 193 g/mol. The van der Waals surface area contributed by atoms with Gasteiger partial charge in [-0.3, -0.25) is 0 Å². The Labute approximate surface area is 83.8 Å². The highest BCUT2D eigenvalue weighted by Gasteiger charge is 2.24. The number of hydrogen-bond acceptors (Lipinski definition) is 3. The highest BCUT2D eigenvalue weighted by Crippen LogP contribution is 2.33. The highest BCUT2D eigenvalue weighted by atomic mass is 16.5. The van der Waals surface area contributed by atoms with Crippen LogP contribution in [0.4, 0.5) is 0 Å². The van der Waals surface area contributed by atoms with Gasteiger partial charge in [0.15, 0.2) is 11.5 Å². The van der Waals surface area contributed by atoms with E-state index in [4.69, 9.17) is 15.2 Å². The minimum atomic E-state index is 0.396. The molecule has 1 aliphatic carbocycles. The summed E-state index contributed by atoms with van der Waals surface area (Å²) in [6.45, 7) is 0.528. The van der Waals surface area contributed by atoms with Gasteiger partial charge in [0.2, 0.25) is 0 Å². The van der Waals surface area contributed by atoms with E-state index in [1.54, 1.807) is 7.11 Å². The molecule has 1 fully saturated rings. The van der Waals surface area contributed by atoms with Gasteiger partial charge < -0.3 is 15.2 Å². The second-order valence-corrected chi connectivity index (χ2v) is 3.51. The first-order chi connectivity index (χ1) is 6.83. The Kier molecular flexibility index (Phi) is 2.59. The monoisotopic (exact) mass is 193 g/mol. The number of benzene rings is 1. The summed E-state index contributed by atoms with van der Waals surface area (Å²) in [4.78, 5) is 0. The summed E-state index contributed by atoms with van der Waals surface area (Å²) in [5.74, 6) is 1.60. The lowest BCUT2D eigenvalue weighted by molar-refractivity contribution is 0.282. The minimum absolute atomic E-state index is 0.396. The molecule has 2 rings (SSSR count). The molecular weight excluding hydrogens is 178 g/mol. The predicted octanol–water partition coefficient (Wildman–Crippen LogP) is 1.70. The van der Waals surface area contributed by atoms with Gasteiger partial charge in [0.05, 0.1) is 13.2 Å². The van der Waals surface area contributed by atoms with E-state index in [9.17, 15) is 0 Å². The van der Waals surface area contributed by atoms with Gasteiger partial charge in [0.25, 0.3) is 0 Å². The molecule has 0 saturated heterocycles. The maximum Gasteiger partial charge on any atom is 0.161 e. The van der Waals surface area contributed by atoms with Gasteiger partial charge in [-0.2, -0.15) is 0 Å². The summed E-state index contributed by atoms with van der Waals surface area (Å²) >= 11 is 0. The van der Waals surface area contributed by atoms with Gasteiger partial charge >= 0.3 is 0 Å². The normalized spacial score (nSPS) is 15.3.